The van der Waals surface area contributed by atoms with E-state index < -0.39 is 11.7 Å². The zero-order valence-corrected chi connectivity index (χ0v) is 10.4. The van der Waals surface area contributed by atoms with Crippen molar-refractivity contribution >= 4 is 28.3 Å². The van der Waals surface area contributed by atoms with Gasteiger partial charge in [-0.3, -0.25) is 0 Å². The molecule has 0 bridgehead atoms. The van der Waals surface area contributed by atoms with Gasteiger partial charge in [-0.05, 0) is 36.6 Å². The summed E-state index contributed by atoms with van der Waals surface area (Å²) in [5.41, 5.74) is -1.35. The predicted molar refractivity (Wildman–Crippen MR) is 66.2 cm³/mol. The minimum atomic E-state index is -4.30. The molecule has 3 nitrogen and oxygen atoms in total. The highest BCUT2D eigenvalue weighted by Crippen LogP contribution is 2.51. The minimum absolute atomic E-state index is 0.0481. The summed E-state index contributed by atoms with van der Waals surface area (Å²) in [5, 5.41) is 2.95. The van der Waals surface area contributed by atoms with Crippen molar-refractivity contribution in [2.45, 2.75) is 24.6 Å². The van der Waals surface area contributed by atoms with E-state index in [-0.39, 0.29) is 23.9 Å². The van der Waals surface area contributed by atoms with Crippen LogP contribution < -0.4 is 5.32 Å². The van der Waals surface area contributed by atoms with Crippen molar-refractivity contribution in [3.05, 3.63) is 29.5 Å². The van der Waals surface area contributed by atoms with E-state index in [2.05, 4.69) is 15.3 Å². The fraction of sp³-hybridized carbons (Fsp3) is 0.333. The van der Waals surface area contributed by atoms with E-state index in [1.54, 1.807) is 24.3 Å². The number of para-hydroxylation sites is 1. The van der Waals surface area contributed by atoms with Crippen LogP contribution in [0.3, 0.4) is 0 Å². The average molecular weight is 288 g/mol. The molecular formula is C12H9ClF3N3. The van der Waals surface area contributed by atoms with Crippen molar-refractivity contribution in [2.24, 2.45) is 0 Å². The lowest BCUT2D eigenvalue weighted by molar-refractivity contribution is -0.151. The maximum absolute atomic E-state index is 12.9. The molecule has 0 atom stereocenters. The van der Waals surface area contributed by atoms with Crippen molar-refractivity contribution in [3.63, 3.8) is 0 Å². The molecule has 1 heterocycles. The van der Waals surface area contributed by atoms with Gasteiger partial charge in [-0.15, -0.1) is 0 Å². The Hall–Kier alpha value is -1.56. The van der Waals surface area contributed by atoms with Gasteiger partial charge in [0.25, 0.3) is 0 Å². The number of hydrogen-bond acceptors (Lipinski definition) is 3. The lowest BCUT2D eigenvalue weighted by Crippen LogP contribution is -2.39. The van der Waals surface area contributed by atoms with E-state index in [9.17, 15) is 13.2 Å². The molecule has 1 aliphatic rings. The molecule has 1 aromatic heterocycles. The maximum Gasteiger partial charge on any atom is 0.411 e. The Morgan fingerprint density at radius 2 is 1.84 bits per heavy atom. The minimum Gasteiger partial charge on any atom is -0.356 e. The third-order valence-electron chi connectivity index (χ3n) is 3.23. The van der Waals surface area contributed by atoms with Crippen molar-refractivity contribution in [1.82, 2.24) is 9.97 Å². The number of benzene rings is 1. The highest BCUT2D eigenvalue weighted by molar-refractivity contribution is 6.28. The normalized spacial score (nSPS) is 17.5. The molecular weight excluding hydrogens is 279 g/mol. The van der Waals surface area contributed by atoms with Gasteiger partial charge in [0.2, 0.25) is 5.28 Å². The number of fused-ring (bicyclic) bond motifs is 1. The Morgan fingerprint density at radius 1 is 1.16 bits per heavy atom. The van der Waals surface area contributed by atoms with E-state index in [0.717, 1.165) is 0 Å². The van der Waals surface area contributed by atoms with Crippen LogP contribution in [0.5, 0.6) is 0 Å². The number of hydrogen-bond donors (Lipinski definition) is 1. The molecule has 1 fully saturated rings. The number of nitrogens with one attached hydrogen (secondary N) is 1. The maximum atomic E-state index is 12.9. The molecule has 1 saturated carbocycles. The predicted octanol–water partition coefficient (Wildman–Crippen LogP) is 3.79. The van der Waals surface area contributed by atoms with Crippen LogP contribution in [-0.4, -0.2) is 21.7 Å². The summed E-state index contributed by atoms with van der Waals surface area (Å²) < 4.78 is 38.8. The molecule has 0 amide bonds. The first kappa shape index (κ1) is 12.5. The number of aromatic nitrogens is 2. The molecule has 0 saturated heterocycles. The van der Waals surface area contributed by atoms with Crippen LogP contribution >= 0.6 is 11.6 Å². The van der Waals surface area contributed by atoms with E-state index in [4.69, 9.17) is 11.6 Å². The standard InChI is InChI=1S/C12H9ClF3N3/c13-10-17-8-4-2-1-3-7(8)9(18-10)19-11(5-6-11)12(14,15)16/h1-4H,5-6H2,(H,17,18,19). The Labute approximate surface area is 111 Å². The van der Waals surface area contributed by atoms with Gasteiger partial charge in [0.15, 0.2) is 0 Å². The average Bonchev–Trinajstić information content (AvgIpc) is 3.09. The molecule has 1 N–H and O–H groups in total. The van der Waals surface area contributed by atoms with Gasteiger partial charge in [0, 0.05) is 5.39 Å². The summed E-state index contributed by atoms with van der Waals surface area (Å²) in [7, 11) is 0. The Bertz CT molecular complexity index is 638. The first-order chi connectivity index (χ1) is 8.91. The van der Waals surface area contributed by atoms with Crippen LogP contribution in [0.4, 0.5) is 19.0 Å². The molecule has 1 aliphatic carbocycles. The smallest absolute Gasteiger partial charge is 0.356 e. The molecule has 3 rings (SSSR count). The number of rotatable bonds is 2. The van der Waals surface area contributed by atoms with Crippen LogP contribution in [0.15, 0.2) is 24.3 Å². The zero-order chi connectivity index (χ0) is 13.7. The molecule has 0 spiro atoms. The number of halogens is 4. The third-order valence-corrected chi connectivity index (χ3v) is 3.40. The Morgan fingerprint density at radius 3 is 2.47 bits per heavy atom. The second-order valence-electron chi connectivity index (χ2n) is 4.56. The molecule has 7 heteroatoms. The van der Waals surface area contributed by atoms with Crippen LogP contribution in [0, 0.1) is 0 Å². The summed E-state index contributed by atoms with van der Waals surface area (Å²) in [4.78, 5) is 7.87. The van der Waals surface area contributed by atoms with Crippen LogP contribution in [-0.2, 0) is 0 Å². The zero-order valence-electron chi connectivity index (χ0n) is 9.63. The van der Waals surface area contributed by atoms with Gasteiger partial charge in [-0.2, -0.15) is 13.2 Å². The largest absolute Gasteiger partial charge is 0.411 e. The first-order valence-corrected chi connectivity index (χ1v) is 6.06. The van der Waals surface area contributed by atoms with E-state index in [1.165, 1.54) is 0 Å². The lowest BCUT2D eigenvalue weighted by atomic mass is 10.2. The quantitative estimate of drug-likeness (QED) is 0.854. The van der Waals surface area contributed by atoms with Gasteiger partial charge in [-0.25, -0.2) is 9.97 Å². The van der Waals surface area contributed by atoms with Crippen molar-refractivity contribution < 1.29 is 13.2 Å². The fourth-order valence-corrected chi connectivity index (χ4v) is 2.15. The summed E-state index contributed by atoms with van der Waals surface area (Å²) in [6.45, 7) is 0. The molecule has 100 valence electrons. The van der Waals surface area contributed by atoms with Crippen molar-refractivity contribution in [3.8, 4) is 0 Å². The number of nitrogens with zero attached hydrogens (tertiary/aromatic N) is 2. The molecule has 0 unspecified atom stereocenters. The highest BCUT2D eigenvalue weighted by Gasteiger charge is 2.63. The van der Waals surface area contributed by atoms with E-state index in [1.807, 2.05) is 0 Å². The van der Waals surface area contributed by atoms with Gasteiger partial charge < -0.3 is 5.32 Å². The monoisotopic (exact) mass is 287 g/mol. The SMILES string of the molecule is FC(F)(F)C1(Nc2nc(Cl)nc3ccccc23)CC1. The van der Waals surface area contributed by atoms with Crippen LogP contribution in [0.2, 0.25) is 5.28 Å². The Kier molecular flexibility index (Phi) is 2.60. The third kappa shape index (κ3) is 2.10. The second-order valence-corrected chi connectivity index (χ2v) is 4.90. The van der Waals surface area contributed by atoms with Crippen LogP contribution in [0.25, 0.3) is 10.9 Å². The first-order valence-electron chi connectivity index (χ1n) is 5.68. The summed E-state index contributed by atoms with van der Waals surface area (Å²) >= 11 is 5.74. The van der Waals surface area contributed by atoms with Gasteiger partial charge >= 0.3 is 6.18 Å². The van der Waals surface area contributed by atoms with Gasteiger partial charge in [0.05, 0.1) is 5.52 Å². The second kappa shape index (κ2) is 3.96. The lowest BCUT2D eigenvalue weighted by Gasteiger charge is -2.22. The highest BCUT2D eigenvalue weighted by atomic mass is 35.5. The van der Waals surface area contributed by atoms with Gasteiger partial charge in [-0.1, -0.05) is 12.1 Å². The van der Waals surface area contributed by atoms with Crippen LogP contribution in [0.1, 0.15) is 12.8 Å². The van der Waals surface area contributed by atoms with E-state index >= 15 is 0 Å². The summed E-state index contributed by atoms with van der Waals surface area (Å²) in [5.74, 6) is 0.130. The van der Waals surface area contributed by atoms with E-state index in [0.29, 0.717) is 10.9 Å². The molecule has 1 aromatic carbocycles. The summed E-state index contributed by atoms with van der Waals surface area (Å²) in [6.07, 6.45) is -4.20. The molecule has 0 aliphatic heterocycles. The molecule has 2 aromatic rings. The summed E-state index contributed by atoms with van der Waals surface area (Å²) in [6, 6.07) is 6.81. The number of alkyl halides is 3. The van der Waals surface area contributed by atoms with Crippen molar-refractivity contribution in [2.75, 3.05) is 5.32 Å². The molecule has 19 heavy (non-hydrogen) atoms. The molecule has 0 radical (unpaired) electrons. The fourth-order valence-electron chi connectivity index (χ4n) is 1.97. The topological polar surface area (TPSA) is 37.8 Å². The Balaban J connectivity index is 2.06. The van der Waals surface area contributed by atoms with Crippen molar-refractivity contribution in [1.29, 1.82) is 0 Å². The number of anilines is 1. The van der Waals surface area contributed by atoms with Gasteiger partial charge in [0.1, 0.15) is 11.4 Å².